The van der Waals surface area contributed by atoms with Crippen molar-refractivity contribution >= 4 is 17.3 Å². The summed E-state index contributed by atoms with van der Waals surface area (Å²) in [5.41, 5.74) is 10.7. The number of nitrogens with one attached hydrogen (secondary N) is 1. The fourth-order valence-electron chi connectivity index (χ4n) is 4.18. The number of esters is 1. The van der Waals surface area contributed by atoms with Crippen molar-refractivity contribution in [1.29, 1.82) is 0 Å². The standard InChI is InChI=1S/C20H32N2O2/c1-13-8-16(12-20(3,4)11-13)22-18-9-14(2)15(10-17(18)21)6-7-19(23)24-5/h9-10,13,16,22H,6-8,11-12,21H2,1-5H3. The molecule has 2 rings (SSSR count). The lowest BCUT2D eigenvalue weighted by Gasteiger charge is -2.39. The van der Waals surface area contributed by atoms with Crippen molar-refractivity contribution in [2.24, 2.45) is 11.3 Å². The minimum absolute atomic E-state index is 0.186. The van der Waals surface area contributed by atoms with Crippen LogP contribution in [0.5, 0.6) is 0 Å². The summed E-state index contributed by atoms with van der Waals surface area (Å²) < 4.78 is 4.71. The molecule has 4 heteroatoms. The van der Waals surface area contributed by atoms with E-state index in [-0.39, 0.29) is 5.97 Å². The molecule has 24 heavy (non-hydrogen) atoms. The van der Waals surface area contributed by atoms with Crippen molar-refractivity contribution in [3.05, 3.63) is 23.3 Å². The Balaban J connectivity index is 2.08. The van der Waals surface area contributed by atoms with E-state index in [1.54, 1.807) is 0 Å². The molecule has 4 nitrogen and oxygen atoms in total. The highest BCUT2D eigenvalue weighted by Crippen LogP contribution is 2.40. The van der Waals surface area contributed by atoms with E-state index in [0.29, 0.717) is 24.3 Å². The van der Waals surface area contributed by atoms with Gasteiger partial charge in [0.05, 0.1) is 18.5 Å². The van der Waals surface area contributed by atoms with Gasteiger partial charge in [-0.3, -0.25) is 4.79 Å². The van der Waals surface area contributed by atoms with Gasteiger partial charge in [0.15, 0.2) is 0 Å². The molecule has 0 aromatic heterocycles. The van der Waals surface area contributed by atoms with Crippen LogP contribution in [-0.4, -0.2) is 19.1 Å². The Kier molecular flexibility index (Phi) is 5.79. The van der Waals surface area contributed by atoms with E-state index in [2.05, 4.69) is 39.1 Å². The first-order valence-corrected chi connectivity index (χ1v) is 8.92. The Morgan fingerprint density at radius 2 is 2.08 bits per heavy atom. The van der Waals surface area contributed by atoms with Gasteiger partial charge in [-0.05, 0) is 67.2 Å². The normalized spacial score (nSPS) is 22.9. The number of hydrogen-bond acceptors (Lipinski definition) is 4. The number of methoxy groups -OCH3 is 1. The minimum atomic E-state index is -0.186. The maximum absolute atomic E-state index is 11.3. The van der Waals surface area contributed by atoms with Crippen LogP contribution in [0.25, 0.3) is 0 Å². The van der Waals surface area contributed by atoms with Gasteiger partial charge in [-0.25, -0.2) is 0 Å². The second kappa shape index (κ2) is 7.45. The van der Waals surface area contributed by atoms with Gasteiger partial charge in [0.1, 0.15) is 0 Å². The number of aryl methyl sites for hydroxylation is 2. The topological polar surface area (TPSA) is 64.3 Å². The molecule has 2 unspecified atom stereocenters. The number of nitrogen functional groups attached to an aromatic ring is 1. The number of anilines is 2. The largest absolute Gasteiger partial charge is 0.469 e. The fourth-order valence-corrected chi connectivity index (χ4v) is 4.18. The zero-order valence-corrected chi connectivity index (χ0v) is 15.7. The number of benzene rings is 1. The summed E-state index contributed by atoms with van der Waals surface area (Å²) in [5.74, 6) is 0.543. The third kappa shape index (κ3) is 4.89. The predicted molar refractivity (Wildman–Crippen MR) is 100 cm³/mol. The van der Waals surface area contributed by atoms with E-state index in [1.807, 2.05) is 6.07 Å². The second-order valence-corrected chi connectivity index (χ2v) is 8.20. The number of rotatable bonds is 5. The molecule has 0 saturated heterocycles. The smallest absolute Gasteiger partial charge is 0.305 e. The van der Waals surface area contributed by atoms with Crippen LogP contribution in [-0.2, 0) is 16.0 Å². The average Bonchev–Trinajstić information content (AvgIpc) is 2.46. The molecule has 0 amide bonds. The van der Waals surface area contributed by atoms with Crippen LogP contribution in [0, 0.1) is 18.3 Å². The lowest BCUT2D eigenvalue weighted by molar-refractivity contribution is -0.140. The van der Waals surface area contributed by atoms with Crippen molar-refractivity contribution in [3.63, 3.8) is 0 Å². The van der Waals surface area contributed by atoms with Crippen molar-refractivity contribution in [3.8, 4) is 0 Å². The summed E-state index contributed by atoms with van der Waals surface area (Å²) in [5, 5.41) is 3.66. The van der Waals surface area contributed by atoms with Gasteiger partial charge in [-0.15, -0.1) is 0 Å². The zero-order valence-electron chi connectivity index (χ0n) is 15.7. The molecule has 0 radical (unpaired) electrons. The van der Waals surface area contributed by atoms with Crippen LogP contribution < -0.4 is 11.1 Å². The number of carbonyl (C=O) groups excluding carboxylic acids is 1. The maximum Gasteiger partial charge on any atom is 0.305 e. The molecule has 3 N–H and O–H groups in total. The first kappa shape index (κ1) is 18.6. The van der Waals surface area contributed by atoms with Gasteiger partial charge in [-0.2, -0.15) is 0 Å². The van der Waals surface area contributed by atoms with E-state index < -0.39 is 0 Å². The molecule has 1 aliphatic rings. The fraction of sp³-hybridized carbons (Fsp3) is 0.650. The lowest BCUT2D eigenvalue weighted by atomic mass is 9.70. The van der Waals surface area contributed by atoms with Crippen LogP contribution in [0.4, 0.5) is 11.4 Å². The third-order valence-electron chi connectivity index (χ3n) is 5.08. The second-order valence-electron chi connectivity index (χ2n) is 8.20. The van der Waals surface area contributed by atoms with Crippen LogP contribution in [0.1, 0.15) is 57.6 Å². The highest BCUT2D eigenvalue weighted by molar-refractivity contribution is 5.71. The zero-order chi connectivity index (χ0) is 17.9. The average molecular weight is 332 g/mol. The molecule has 0 spiro atoms. The van der Waals surface area contributed by atoms with E-state index in [9.17, 15) is 4.79 Å². The van der Waals surface area contributed by atoms with Crippen LogP contribution in [0.3, 0.4) is 0 Å². The Morgan fingerprint density at radius 1 is 1.38 bits per heavy atom. The Morgan fingerprint density at radius 3 is 2.71 bits per heavy atom. The Bertz CT molecular complexity index is 596. The summed E-state index contributed by atoms with van der Waals surface area (Å²) in [6.07, 6.45) is 4.69. The highest BCUT2D eigenvalue weighted by Gasteiger charge is 2.32. The van der Waals surface area contributed by atoms with E-state index in [0.717, 1.165) is 22.9 Å². The summed E-state index contributed by atoms with van der Waals surface area (Å²) in [4.78, 5) is 11.3. The molecule has 1 aromatic carbocycles. The van der Waals surface area contributed by atoms with E-state index in [4.69, 9.17) is 10.5 Å². The molecule has 1 aliphatic carbocycles. The van der Waals surface area contributed by atoms with Gasteiger partial charge in [0, 0.05) is 12.5 Å². The molecule has 0 aliphatic heterocycles. The summed E-state index contributed by atoms with van der Waals surface area (Å²) >= 11 is 0. The molecule has 1 saturated carbocycles. The van der Waals surface area contributed by atoms with Crippen molar-refractivity contribution in [2.75, 3.05) is 18.2 Å². The monoisotopic (exact) mass is 332 g/mol. The van der Waals surface area contributed by atoms with Crippen LogP contribution in [0.2, 0.25) is 0 Å². The molecular formula is C20H32N2O2. The molecule has 1 fully saturated rings. The van der Waals surface area contributed by atoms with Gasteiger partial charge < -0.3 is 15.8 Å². The van der Waals surface area contributed by atoms with Gasteiger partial charge in [0.2, 0.25) is 0 Å². The lowest BCUT2D eigenvalue weighted by Crippen LogP contribution is -2.35. The maximum atomic E-state index is 11.3. The molecule has 1 aromatic rings. The third-order valence-corrected chi connectivity index (χ3v) is 5.08. The summed E-state index contributed by atoms with van der Waals surface area (Å²) in [7, 11) is 1.42. The van der Waals surface area contributed by atoms with E-state index >= 15 is 0 Å². The molecule has 134 valence electrons. The minimum Gasteiger partial charge on any atom is -0.469 e. The van der Waals surface area contributed by atoms with Crippen molar-refractivity contribution < 1.29 is 9.53 Å². The first-order valence-electron chi connectivity index (χ1n) is 8.92. The number of nitrogens with two attached hydrogens (primary N) is 1. The molecule has 2 atom stereocenters. The Labute approximate surface area is 146 Å². The van der Waals surface area contributed by atoms with Crippen molar-refractivity contribution in [1.82, 2.24) is 0 Å². The Hall–Kier alpha value is -1.71. The molecule has 0 heterocycles. The predicted octanol–water partition coefficient (Wildman–Crippen LogP) is 4.31. The van der Waals surface area contributed by atoms with Crippen molar-refractivity contribution in [2.45, 2.75) is 65.8 Å². The highest BCUT2D eigenvalue weighted by atomic mass is 16.5. The first-order chi connectivity index (χ1) is 11.2. The molecule has 0 bridgehead atoms. The summed E-state index contributed by atoms with van der Waals surface area (Å²) in [6.45, 7) is 9.11. The van der Waals surface area contributed by atoms with Gasteiger partial charge >= 0.3 is 5.97 Å². The quantitative estimate of drug-likeness (QED) is 0.623. The van der Waals surface area contributed by atoms with Gasteiger partial charge in [-0.1, -0.05) is 20.8 Å². The summed E-state index contributed by atoms with van der Waals surface area (Å²) in [6, 6.07) is 4.58. The van der Waals surface area contributed by atoms with E-state index in [1.165, 1.54) is 31.9 Å². The number of carbonyl (C=O) groups is 1. The van der Waals surface area contributed by atoms with Gasteiger partial charge in [0.25, 0.3) is 0 Å². The number of hydrogen-bond donors (Lipinski definition) is 2. The molecular weight excluding hydrogens is 300 g/mol. The SMILES string of the molecule is COC(=O)CCc1cc(N)c(NC2CC(C)CC(C)(C)C2)cc1C. The van der Waals surface area contributed by atoms with Crippen LogP contribution in [0.15, 0.2) is 12.1 Å². The van der Waals surface area contributed by atoms with Crippen LogP contribution >= 0.6 is 0 Å². The number of ether oxygens (including phenoxy) is 1.